The molecule has 4 nitrogen and oxygen atoms in total. The predicted octanol–water partition coefficient (Wildman–Crippen LogP) is 4.01. The molecule has 0 radical (unpaired) electrons. The molecule has 140 valence electrons. The molecule has 0 spiro atoms. The second-order valence-corrected chi connectivity index (χ2v) is 6.56. The van der Waals surface area contributed by atoms with Crippen molar-refractivity contribution >= 4 is 23.6 Å². The molecule has 2 amide bonds. The molecule has 1 fully saturated rings. The first-order chi connectivity index (χ1) is 13.1. The zero-order valence-electron chi connectivity index (χ0n) is 15.4. The Morgan fingerprint density at radius 1 is 1.22 bits per heavy atom. The zero-order valence-corrected chi connectivity index (χ0v) is 15.4. The summed E-state index contributed by atoms with van der Waals surface area (Å²) >= 11 is 0. The Balaban J connectivity index is 1.63. The smallest absolute Gasteiger partial charge is 0.246 e. The molecule has 27 heavy (non-hydrogen) atoms. The lowest BCUT2D eigenvalue weighted by Gasteiger charge is -2.19. The highest BCUT2D eigenvalue weighted by atomic mass is 19.1. The van der Waals surface area contributed by atoms with Crippen molar-refractivity contribution in [2.75, 3.05) is 18.0 Å². The van der Waals surface area contributed by atoms with E-state index in [0.29, 0.717) is 19.5 Å². The summed E-state index contributed by atoms with van der Waals surface area (Å²) in [5.74, 6) is -0.270. The number of halogens is 1. The molecule has 0 aliphatic carbocycles. The summed E-state index contributed by atoms with van der Waals surface area (Å²) in [4.78, 5) is 27.7. The number of hydrogen-bond donors (Lipinski definition) is 0. The number of rotatable bonds is 6. The van der Waals surface area contributed by atoms with Gasteiger partial charge in [-0.05, 0) is 54.8 Å². The summed E-state index contributed by atoms with van der Waals surface area (Å²) in [6.07, 6.45) is 4.78. The van der Waals surface area contributed by atoms with Gasteiger partial charge in [-0.3, -0.25) is 9.59 Å². The lowest BCUT2D eigenvalue weighted by molar-refractivity contribution is -0.126. The third-order valence-electron chi connectivity index (χ3n) is 4.65. The average Bonchev–Trinajstić information content (AvgIpc) is 3.10. The van der Waals surface area contributed by atoms with Crippen LogP contribution in [0.2, 0.25) is 0 Å². The molecule has 1 aliphatic rings. The molecule has 1 saturated heterocycles. The van der Waals surface area contributed by atoms with Gasteiger partial charge in [0.05, 0.1) is 0 Å². The van der Waals surface area contributed by atoms with Gasteiger partial charge in [0.25, 0.3) is 0 Å². The molecular formula is C22H23FN2O2. The Bertz CT molecular complexity index is 846. The number of amides is 2. The number of benzene rings is 2. The van der Waals surface area contributed by atoms with Gasteiger partial charge in [-0.25, -0.2) is 4.39 Å². The third-order valence-corrected chi connectivity index (χ3v) is 4.65. The molecule has 1 aliphatic heterocycles. The number of likely N-dealkylation sites (N-methyl/N-ethyl adjacent to an activating group) is 1. The maximum absolute atomic E-state index is 13.3. The lowest BCUT2D eigenvalue weighted by atomic mass is 10.1. The third kappa shape index (κ3) is 4.82. The fraction of sp³-hybridized carbons (Fsp3) is 0.273. The first kappa shape index (κ1) is 18.8. The van der Waals surface area contributed by atoms with E-state index in [9.17, 15) is 14.0 Å². The standard InChI is InChI=1S/C22H23FN2O2/c1-2-24(16-18-5-3-6-19(23)15-18)21(26)13-10-17-8-11-20(12-9-17)25-14-4-7-22(25)27/h3,5-6,8-13,15H,2,4,7,14,16H2,1H3/b13-10+. The molecule has 1 heterocycles. The summed E-state index contributed by atoms with van der Waals surface area (Å²) in [5.41, 5.74) is 2.54. The molecule has 3 rings (SSSR count). The van der Waals surface area contributed by atoms with Gasteiger partial charge in [0.2, 0.25) is 11.8 Å². The number of anilines is 1. The van der Waals surface area contributed by atoms with Crippen molar-refractivity contribution in [3.63, 3.8) is 0 Å². The van der Waals surface area contributed by atoms with E-state index in [1.54, 1.807) is 28.0 Å². The maximum atomic E-state index is 13.3. The van der Waals surface area contributed by atoms with Crippen molar-refractivity contribution < 1.29 is 14.0 Å². The summed E-state index contributed by atoms with van der Waals surface area (Å²) in [5, 5.41) is 0. The Morgan fingerprint density at radius 2 is 2.00 bits per heavy atom. The topological polar surface area (TPSA) is 40.6 Å². The fourth-order valence-corrected chi connectivity index (χ4v) is 3.16. The highest BCUT2D eigenvalue weighted by molar-refractivity contribution is 5.95. The first-order valence-electron chi connectivity index (χ1n) is 9.18. The van der Waals surface area contributed by atoms with Crippen LogP contribution >= 0.6 is 0 Å². The fourth-order valence-electron chi connectivity index (χ4n) is 3.16. The Hall–Kier alpha value is -2.95. The van der Waals surface area contributed by atoms with Gasteiger partial charge in [0, 0.05) is 37.8 Å². The Kier molecular flexibility index (Phi) is 6.01. The van der Waals surface area contributed by atoms with Gasteiger partial charge < -0.3 is 9.80 Å². The average molecular weight is 366 g/mol. The van der Waals surface area contributed by atoms with E-state index < -0.39 is 0 Å². The quantitative estimate of drug-likeness (QED) is 0.725. The number of hydrogen-bond acceptors (Lipinski definition) is 2. The van der Waals surface area contributed by atoms with Crippen molar-refractivity contribution in [1.29, 1.82) is 0 Å². The summed E-state index contributed by atoms with van der Waals surface area (Å²) < 4.78 is 13.3. The van der Waals surface area contributed by atoms with Crippen LogP contribution in [0, 0.1) is 5.82 Å². The van der Waals surface area contributed by atoms with Gasteiger partial charge in [-0.15, -0.1) is 0 Å². The lowest BCUT2D eigenvalue weighted by Crippen LogP contribution is -2.28. The monoisotopic (exact) mass is 366 g/mol. The van der Waals surface area contributed by atoms with Gasteiger partial charge in [-0.1, -0.05) is 24.3 Å². The summed E-state index contributed by atoms with van der Waals surface area (Å²) in [6.45, 7) is 3.56. The van der Waals surface area contributed by atoms with Crippen LogP contribution in [0.5, 0.6) is 0 Å². The van der Waals surface area contributed by atoms with Crippen molar-refractivity contribution in [3.05, 3.63) is 71.6 Å². The minimum Gasteiger partial charge on any atom is -0.335 e. The molecule has 2 aromatic rings. The maximum Gasteiger partial charge on any atom is 0.246 e. The van der Waals surface area contributed by atoms with Crippen LogP contribution in [0.4, 0.5) is 10.1 Å². The van der Waals surface area contributed by atoms with Crippen molar-refractivity contribution in [1.82, 2.24) is 4.90 Å². The van der Waals surface area contributed by atoms with Crippen LogP contribution in [0.25, 0.3) is 6.08 Å². The van der Waals surface area contributed by atoms with E-state index in [0.717, 1.165) is 29.8 Å². The SMILES string of the molecule is CCN(Cc1cccc(F)c1)C(=O)/C=C/c1ccc(N2CCCC2=O)cc1. The normalized spacial score (nSPS) is 14.1. The van der Waals surface area contributed by atoms with Gasteiger partial charge in [0.15, 0.2) is 0 Å². The molecule has 0 aromatic heterocycles. The van der Waals surface area contributed by atoms with E-state index in [4.69, 9.17) is 0 Å². The van der Waals surface area contributed by atoms with Gasteiger partial charge in [0.1, 0.15) is 5.82 Å². The molecule has 0 unspecified atom stereocenters. The van der Waals surface area contributed by atoms with E-state index in [-0.39, 0.29) is 17.6 Å². The molecule has 2 aromatic carbocycles. The largest absolute Gasteiger partial charge is 0.335 e. The van der Waals surface area contributed by atoms with Crippen LogP contribution in [-0.4, -0.2) is 29.8 Å². The minimum absolute atomic E-state index is 0.124. The Labute approximate surface area is 158 Å². The van der Waals surface area contributed by atoms with Crippen LogP contribution in [0.1, 0.15) is 30.9 Å². The number of carbonyl (C=O) groups is 2. The minimum atomic E-state index is -0.303. The van der Waals surface area contributed by atoms with Crippen LogP contribution in [-0.2, 0) is 16.1 Å². The highest BCUT2D eigenvalue weighted by Crippen LogP contribution is 2.22. The molecule has 0 atom stereocenters. The molecule has 5 heteroatoms. The molecule has 0 N–H and O–H groups in total. The predicted molar refractivity (Wildman–Crippen MR) is 105 cm³/mol. The molecule has 0 bridgehead atoms. The second kappa shape index (κ2) is 8.62. The van der Waals surface area contributed by atoms with E-state index in [2.05, 4.69) is 0 Å². The summed E-state index contributed by atoms with van der Waals surface area (Å²) in [6, 6.07) is 13.9. The van der Waals surface area contributed by atoms with E-state index in [1.807, 2.05) is 31.2 Å². The number of carbonyl (C=O) groups excluding carboxylic acids is 2. The van der Waals surface area contributed by atoms with Gasteiger partial charge >= 0.3 is 0 Å². The van der Waals surface area contributed by atoms with Crippen LogP contribution < -0.4 is 4.90 Å². The van der Waals surface area contributed by atoms with Crippen LogP contribution in [0.15, 0.2) is 54.6 Å². The summed E-state index contributed by atoms with van der Waals surface area (Å²) in [7, 11) is 0. The highest BCUT2D eigenvalue weighted by Gasteiger charge is 2.21. The molecular weight excluding hydrogens is 343 g/mol. The van der Waals surface area contributed by atoms with Gasteiger partial charge in [-0.2, -0.15) is 0 Å². The second-order valence-electron chi connectivity index (χ2n) is 6.56. The first-order valence-corrected chi connectivity index (χ1v) is 9.18. The van der Waals surface area contributed by atoms with Crippen molar-refractivity contribution in [2.45, 2.75) is 26.3 Å². The van der Waals surface area contributed by atoms with Crippen molar-refractivity contribution in [3.8, 4) is 0 Å². The van der Waals surface area contributed by atoms with Crippen molar-refractivity contribution in [2.24, 2.45) is 0 Å². The van der Waals surface area contributed by atoms with E-state index >= 15 is 0 Å². The Morgan fingerprint density at radius 3 is 2.63 bits per heavy atom. The molecule has 0 saturated carbocycles. The number of nitrogens with zero attached hydrogens (tertiary/aromatic N) is 2. The van der Waals surface area contributed by atoms with E-state index in [1.165, 1.54) is 18.2 Å². The van der Waals surface area contributed by atoms with Crippen LogP contribution in [0.3, 0.4) is 0 Å². The zero-order chi connectivity index (χ0) is 19.2.